The lowest BCUT2D eigenvalue weighted by Gasteiger charge is -2.61. The highest BCUT2D eigenvalue weighted by Crippen LogP contribution is 2.68. The van der Waals surface area contributed by atoms with Crippen LogP contribution < -0.4 is 21.7 Å². The van der Waals surface area contributed by atoms with Crippen LogP contribution in [-0.2, 0) is 0 Å². The largest absolute Gasteiger partial charge is 0.330 e. The summed E-state index contributed by atoms with van der Waals surface area (Å²) < 4.78 is 0. The molecule has 0 saturated heterocycles. The van der Waals surface area contributed by atoms with Crippen LogP contribution in [0.1, 0.15) is 137 Å². The summed E-state index contributed by atoms with van der Waals surface area (Å²) in [5.41, 5.74) is 6.80. The Morgan fingerprint density at radius 1 is 0.683 bits per heavy atom. The first-order chi connectivity index (χ1) is 19.8. The molecule has 4 saturated carbocycles. The Bertz CT molecular complexity index is 740. The van der Waals surface area contributed by atoms with Crippen molar-refractivity contribution in [2.24, 2.45) is 58.0 Å². The number of fused-ring (bicyclic) bond motifs is 5. The van der Waals surface area contributed by atoms with E-state index in [0.29, 0.717) is 10.8 Å². The van der Waals surface area contributed by atoms with Gasteiger partial charge in [0, 0.05) is 6.04 Å². The van der Waals surface area contributed by atoms with Gasteiger partial charge in [-0.25, -0.2) is 0 Å². The summed E-state index contributed by atoms with van der Waals surface area (Å²) in [5, 5.41) is 11.1. The second-order valence-electron chi connectivity index (χ2n) is 16.3. The monoisotopic (exact) mass is 573 g/mol. The average molecular weight is 573 g/mol. The molecule has 9 atom stereocenters. The first kappa shape index (κ1) is 33.7. The van der Waals surface area contributed by atoms with Crippen LogP contribution in [0.2, 0.25) is 0 Å². The Labute approximate surface area is 256 Å². The van der Waals surface area contributed by atoms with Crippen LogP contribution in [0.15, 0.2) is 0 Å². The highest BCUT2D eigenvalue weighted by atomic mass is 14.9. The lowest BCUT2D eigenvalue weighted by atomic mass is 9.44. The van der Waals surface area contributed by atoms with Gasteiger partial charge in [0.2, 0.25) is 0 Å². The number of hydrogen-bond acceptors (Lipinski definition) is 4. The summed E-state index contributed by atoms with van der Waals surface area (Å²) in [4.78, 5) is 0. The van der Waals surface area contributed by atoms with Gasteiger partial charge in [-0.1, -0.05) is 53.9 Å². The molecule has 0 aliphatic heterocycles. The van der Waals surface area contributed by atoms with Crippen LogP contribution in [0.4, 0.5) is 0 Å². The molecule has 4 heteroatoms. The minimum atomic E-state index is 0.615. The van der Waals surface area contributed by atoms with E-state index in [-0.39, 0.29) is 0 Å². The molecule has 0 aromatic carbocycles. The second-order valence-corrected chi connectivity index (χ2v) is 16.3. The third-order valence-electron chi connectivity index (χ3n) is 13.3. The van der Waals surface area contributed by atoms with Gasteiger partial charge in [-0.3, -0.25) is 0 Å². The van der Waals surface area contributed by atoms with Crippen LogP contribution in [-0.4, -0.2) is 45.3 Å². The summed E-state index contributed by atoms with van der Waals surface area (Å²) in [6, 6.07) is 0.764. The smallest absolute Gasteiger partial charge is 0.00701 e. The van der Waals surface area contributed by atoms with E-state index in [1.807, 2.05) is 0 Å². The highest BCUT2D eigenvalue weighted by Gasteiger charge is 2.60. The van der Waals surface area contributed by atoms with Crippen molar-refractivity contribution in [2.45, 2.75) is 143 Å². The minimum Gasteiger partial charge on any atom is -0.330 e. The van der Waals surface area contributed by atoms with E-state index in [2.05, 4.69) is 50.6 Å². The second kappa shape index (κ2) is 16.2. The summed E-state index contributed by atoms with van der Waals surface area (Å²) in [5.74, 6) is 6.80. The average Bonchev–Trinajstić information content (AvgIpc) is 3.30. The maximum atomic E-state index is 5.55. The molecule has 41 heavy (non-hydrogen) atoms. The number of rotatable bonds is 18. The standard InChI is InChI=1S/C37H72N4/c1-28(2)11-8-12-29(3)33-15-16-34-32-14-13-30-27-31(17-19-36(30,4)35(32)18-20-37(33,34)5)41-26-10-25-40-23-7-6-22-39-24-9-21-38/h28-35,39-41H,6-27,38H2,1-5H3/t29-,30+,31+,32+,33-,34+,35+,36+,37-/m1/s1. The molecular formula is C37H72N4. The quantitative estimate of drug-likeness (QED) is 0.127. The van der Waals surface area contributed by atoms with E-state index in [1.165, 1.54) is 90.0 Å². The van der Waals surface area contributed by atoms with Crippen molar-refractivity contribution in [3.8, 4) is 0 Å². The Morgan fingerprint density at radius 2 is 1.37 bits per heavy atom. The highest BCUT2D eigenvalue weighted by molar-refractivity contribution is 5.10. The Morgan fingerprint density at radius 3 is 2.10 bits per heavy atom. The van der Waals surface area contributed by atoms with Gasteiger partial charge < -0.3 is 21.7 Å². The molecule has 0 aromatic heterocycles. The third-order valence-corrected chi connectivity index (χ3v) is 13.3. The van der Waals surface area contributed by atoms with E-state index in [1.54, 1.807) is 12.8 Å². The molecule has 4 fully saturated rings. The molecule has 0 heterocycles. The van der Waals surface area contributed by atoms with Crippen molar-refractivity contribution in [2.75, 3.05) is 39.3 Å². The Hall–Kier alpha value is -0.160. The van der Waals surface area contributed by atoms with Crippen LogP contribution in [0.25, 0.3) is 0 Å². The van der Waals surface area contributed by atoms with Gasteiger partial charge in [0.05, 0.1) is 0 Å². The molecule has 4 aliphatic carbocycles. The van der Waals surface area contributed by atoms with Gasteiger partial charge in [-0.2, -0.15) is 0 Å². The van der Waals surface area contributed by atoms with Crippen LogP contribution in [0, 0.1) is 52.3 Å². The molecule has 0 aromatic rings. The molecule has 240 valence electrons. The van der Waals surface area contributed by atoms with Crippen molar-refractivity contribution in [3.05, 3.63) is 0 Å². The van der Waals surface area contributed by atoms with Gasteiger partial charge in [-0.15, -0.1) is 0 Å². The lowest BCUT2D eigenvalue weighted by molar-refractivity contribution is -0.118. The number of nitrogens with two attached hydrogens (primary N) is 1. The van der Waals surface area contributed by atoms with Gasteiger partial charge in [-0.05, 0) is 175 Å². The van der Waals surface area contributed by atoms with Crippen molar-refractivity contribution >= 4 is 0 Å². The van der Waals surface area contributed by atoms with E-state index in [0.717, 1.165) is 86.6 Å². The minimum absolute atomic E-state index is 0.615. The summed E-state index contributed by atoms with van der Waals surface area (Å²) in [6.45, 7) is 19.4. The molecular weight excluding hydrogens is 500 g/mol. The predicted molar refractivity (Wildman–Crippen MR) is 178 cm³/mol. The van der Waals surface area contributed by atoms with Crippen molar-refractivity contribution in [1.82, 2.24) is 16.0 Å². The maximum absolute atomic E-state index is 5.55. The topological polar surface area (TPSA) is 62.1 Å². The Kier molecular flexibility index (Phi) is 13.4. The zero-order valence-corrected chi connectivity index (χ0v) is 28.3. The molecule has 0 spiro atoms. The van der Waals surface area contributed by atoms with Crippen LogP contribution in [0.3, 0.4) is 0 Å². The molecule has 0 radical (unpaired) electrons. The van der Waals surface area contributed by atoms with Gasteiger partial charge in [0.25, 0.3) is 0 Å². The van der Waals surface area contributed by atoms with Crippen LogP contribution in [0.5, 0.6) is 0 Å². The van der Waals surface area contributed by atoms with Crippen LogP contribution >= 0.6 is 0 Å². The number of unbranched alkanes of at least 4 members (excludes halogenated alkanes) is 1. The van der Waals surface area contributed by atoms with Gasteiger partial charge in [0.15, 0.2) is 0 Å². The zero-order chi connectivity index (χ0) is 29.3. The fraction of sp³-hybridized carbons (Fsp3) is 1.00. The fourth-order valence-corrected chi connectivity index (χ4v) is 11.0. The molecule has 5 N–H and O–H groups in total. The number of hydrogen-bond donors (Lipinski definition) is 4. The van der Waals surface area contributed by atoms with Crippen molar-refractivity contribution < 1.29 is 0 Å². The molecule has 4 rings (SSSR count). The predicted octanol–water partition coefficient (Wildman–Crippen LogP) is 7.76. The SMILES string of the molecule is CC(C)CCC[C@@H](C)[C@H]1CC[C@H]2[C@@H]3CC[C@H]4C[C@@H](NCCCNCCCCNCCCN)CC[C@]4(C)[C@H]3CC[C@]12C. The lowest BCUT2D eigenvalue weighted by Crippen LogP contribution is -2.55. The molecule has 4 aliphatic rings. The maximum Gasteiger partial charge on any atom is 0.00701 e. The molecule has 0 amide bonds. The normalized spacial score (nSPS) is 37.5. The summed E-state index contributed by atoms with van der Waals surface area (Å²) >= 11 is 0. The van der Waals surface area contributed by atoms with E-state index < -0.39 is 0 Å². The number of nitrogens with one attached hydrogen (secondary N) is 3. The zero-order valence-electron chi connectivity index (χ0n) is 28.3. The Balaban J connectivity index is 1.16. The van der Waals surface area contributed by atoms with Crippen molar-refractivity contribution in [3.63, 3.8) is 0 Å². The molecule has 0 unspecified atom stereocenters. The van der Waals surface area contributed by atoms with Gasteiger partial charge in [0.1, 0.15) is 0 Å². The molecule has 4 nitrogen and oxygen atoms in total. The van der Waals surface area contributed by atoms with E-state index >= 15 is 0 Å². The van der Waals surface area contributed by atoms with Crippen molar-refractivity contribution in [1.29, 1.82) is 0 Å². The summed E-state index contributed by atoms with van der Waals surface area (Å²) in [6.07, 6.45) is 22.7. The first-order valence-electron chi connectivity index (χ1n) is 18.6. The van der Waals surface area contributed by atoms with E-state index in [9.17, 15) is 0 Å². The summed E-state index contributed by atoms with van der Waals surface area (Å²) in [7, 11) is 0. The van der Waals surface area contributed by atoms with Gasteiger partial charge >= 0.3 is 0 Å². The third kappa shape index (κ3) is 8.52. The fourth-order valence-electron chi connectivity index (χ4n) is 11.0. The van der Waals surface area contributed by atoms with E-state index in [4.69, 9.17) is 5.73 Å². The first-order valence-corrected chi connectivity index (χ1v) is 18.6. The molecule has 0 bridgehead atoms.